The average molecular weight is 300 g/mol. The number of nitrogens with zero attached hydrogens (tertiary/aromatic N) is 3. The van der Waals surface area contributed by atoms with Gasteiger partial charge in [-0.1, -0.05) is 0 Å². The van der Waals surface area contributed by atoms with Crippen LogP contribution in [0, 0.1) is 0 Å². The highest BCUT2D eigenvalue weighted by Crippen LogP contribution is 2.29. The highest BCUT2D eigenvalue weighted by Gasteiger charge is 2.32. The zero-order valence-corrected chi connectivity index (χ0v) is 11.2. The van der Waals surface area contributed by atoms with E-state index in [-0.39, 0.29) is 12.5 Å². The monoisotopic (exact) mass is 299 g/mol. The first-order valence-corrected chi connectivity index (χ1v) is 6.40. The summed E-state index contributed by atoms with van der Waals surface area (Å²) in [4.78, 5) is 21.8. The van der Waals surface area contributed by atoms with Crippen LogP contribution in [0.1, 0.15) is 19.8 Å². The van der Waals surface area contributed by atoms with Crippen molar-refractivity contribution in [2.45, 2.75) is 25.8 Å². The van der Waals surface area contributed by atoms with Gasteiger partial charge in [-0.2, -0.15) is 0 Å². The highest BCUT2D eigenvalue weighted by molar-refractivity contribution is 9.10. The second kappa shape index (κ2) is 5.44. The minimum absolute atomic E-state index is 0.222. The van der Waals surface area contributed by atoms with Gasteiger partial charge in [0.2, 0.25) is 5.95 Å². The summed E-state index contributed by atoms with van der Waals surface area (Å²) < 4.78 is 5.78. The highest BCUT2D eigenvalue weighted by atomic mass is 79.9. The molecule has 2 rings (SSSR count). The Morgan fingerprint density at radius 2 is 2.18 bits per heavy atom. The summed E-state index contributed by atoms with van der Waals surface area (Å²) >= 11 is 3.29. The number of carbonyl (C=O) groups excluding carboxylic acids is 1. The molecule has 0 saturated heterocycles. The number of anilines is 1. The third kappa shape index (κ3) is 3.39. The molecule has 0 atom stereocenters. The van der Waals surface area contributed by atoms with Crippen molar-refractivity contribution in [3.63, 3.8) is 0 Å². The van der Waals surface area contributed by atoms with Crippen LogP contribution in [0.4, 0.5) is 5.95 Å². The number of ether oxygens (including phenoxy) is 1. The minimum Gasteiger partial charge on any atom is -0.465 e. The van der Waals surface area contributed by atoms with Crippen LogP contribution >= 0.6 is 15.9 Å². The van der Waals surface area contributed by atoms with E-state index in [2.05, 4.69) is 25.9 Å². The molecule has 0 N–H and O–H groups in total. The minimum atomic E-state index is -0.231. The molecule has 1 saturated carbocycles. The molecule has 1 aromatic heterocycles. The maximum Gasteiger partial charge on any atom is 0.325 e. The Morgan fingerprint density at radius 1 is 1.53 bits per heavy atom. The summed E-state index contributed by atoms with van der Waals surface area (Å²) in [6, 6.07) is 0.376. The van der Waals surface area contributed by atoms with Crippen molar-refractivity contribution in [2.24, 2.45) is 0 Å². The second-order valence-electron chi connectivity index (χ2n) is 3.87. The molecule has 0 spiro atoms. The normalized spacial score (nSPS) is 14.5. The Hall–Kier alpha value is -1.17. The molecule has 0 radical (unpaired) electrons. The summed E-state index contributed by atoms with van der Waals surface area (Å²) in [5, 5.41) is 0. The van der Waals surface area contributed by atoms with Crippen LogP contribution in [0.2, 0.25) is 0 Å². The van der Waals surface area contributed by atoms with Crippen LogP contribution in [0.25, 0.3) is 0 Å². The van der Waals surface area contributed by atoms with E-state index in [0.717, 1.165) is 17.3 Å². The summed E-state index contributed by atoms with van der Waals surface area (Å²) in [5.41, 5.74) is 0. The van der Waals surface area contributed by atoms with Crippen LogP contribution in [0.3, 0.4) is 0 Å². The van der Waals surface area contributed by atoms with E-state index < -0.39 is 0 Å². The predicted octanol–water partition coefficient (Wildman–Crippen LogP) is 1.77. The van der Waals surface area contributed by atoms with Gasteiger partial charge in [0, 0.05) is 18.4 Å². The first kappa shape index (κ1) is 12.3. The average Bonchev–Trinajstić information content (AvgIpc) is 3.12. The van der Waals surface area contributed by atoms with Crippen molar-refractivity contribution in [2.75, 3.05) is 18.1 Å². The topological polar surface area (TPSA) is 55.3 Å². The lowest BCUT2D eigenvalue weighted by Gasteiger charge is -2.20. The fourth-order valence-corrected chi connectivity index (χ4v) is 1.75. The molecule has 92 valence electrons. The zero-order chi connectivity index (χ0) is 12.3. The van der Waals surface area contributed by atoms with Crippen molar-refractivity contribution >= 4 is 27.8 Å². The number of halogens is 1. The molecule has 0 bridgehead atoms. The third-order valence-electron chi connectivity index (χ3n) is 2.46. The third-order valence-corrected chi connectivity index (χ3v) is 2.87. The van der Waals surface area contributed by atoms with E-state index >= 15 is 0 Å². The standard InChI is InChI=1S/C11H14BrN3O2/c1-2-17-10(16)7-15(9-3-4-9)11-13-5-8(12)6-14-11/h5-6,9H,2-4,7H2,1H3. The Balaban J connectivity index is 2.06. The van der Waals surface area contributed by atoms with Crippen molar-refractivity contribution in [3.05, 3.63) is 16.9 Å². The molecule has 0 aromatic carbocycles. The van der Waals surface area contributed by atoms with Crippen molar-refractivity contribution < 1.29 is 9.53 Å². The van der Waals surface area contributed by atoms with Gasteiger partial charge in [0.1, 0.15) is 6.54 Å². The molecule has 1 fully saturated rings. The molecule has 1 aliphatic rings. The summed E-state index contributed by atoms with van der Waals surface area (Å²) in [6.07, 6.45) is 5.53. The fraction of sp³-hybridized carbons (Fsp3) is 0.545. The lowest BCUT2D eigenvalue weighted by atomic mass is 10.5. The number of hydrogen-bond donors (Lipinski definition) is 0. The Bertz CT molecular complexity index is 392. The van der Waals surface area contributed by atoms with Crippen LogP contribution in [0.5, 0.6) is 0 Å². The number of aromatic nitrogens is 2. The largest absolute Gasteiger partial charge is 0.465 e. The molecule has 0 unspecified atom stereocenters. The van der Waals surface area contributed by atoms with Crippen LogP contribution < -0.4 is 4.90 Å². The summed E-state index contributed by atoms with van der Waals surface area (Å²) in [6.45, 7) is 2.42. The van der Waals surface area contributed by atoms with Gasteiger partial charge in [0.05, 0.1) is 11.1 Å². The van der Waals surface area contributed by atoms with Gasteiger partial charge in [-0.3, -0.25) is 4.79 Å². The molecule has 0 aliphatic heterocycles. The SMILES string of the molecule is CCOC(=O)CN(c1ncc(Br)cn1)C1CC1. The van der Waals surface area contributed by atoms with Crippen LogP contribution in [-0.2, 0) is 9.53 Å². The Labute approximate surface area is 108 Å². The lowest BCUT2D eigenvalue weighted by molar-refractivity contribution is -0.141. The summed E-state index contributed by atoms with van der Waals surface area (Å²) in [5.74, 6) is 0.356. The number of esters is 1. The molecule has 1 heterocycles. The quantitative estimate of drug-likeness (QED) is 0.776. The smallest absolute Gasteiger partial charge is 0.325 e. The maximum atomic E-state index is 11.5. The lowest BCUT2D eigenvalue weighted by Crippen LogP contribution is -2.34. The first-order chi connectivity index (χ1) is 8.20. The molecular weight excluding hydrogens is 286 g/mol. The van der Waals surface area contributed by atoms with Crippen molar-refractivity contribution in [1.29, 1.82) is 0 Å². The van der Waals surface area contributed by atoms with Crippen molar-refractivity contribution in [3.8, 4) is 0 Å². The van der Waals surface area contributed by atoms with E-state index in [1.54, 1.807) is 19.3 Å². The van der Waals surface area contributed by atoms with Gasteiger partial charge in [0.25, 0.3) is 0 Å². The van der Waals surface area contributed by atoms with Gasteiger partial charge < -0.3 is 9.64 Å². The number of carbonyl (C=O) groups is 1. The number of rotatable bonds is 5. The van der Waals surface area contributed by atoms with E-state index in [1.165, 1.54) is 0 Å². The molecule has 0 amide bonds. The predicted molar refractivity (Wildman–Crippen MR) is 66.7 cm³/mol. The summed E-state index contributed by atoms with van der Waals surface area (Å²) in [7, 11) is 0. The molecule has 1 aliphatic carbocycles. The van der Waals surface area contributed by atoms with Gasteiger partial charge in [0.15, 0.2) is 0 Å². The van der Waals surface area contributed by atoms with Crippen LogP contribution in [-0.4, -0.2) is 35.1 Å². The van der Waals surface area contributed by atoms with Crippen molar-refractivity contribution in [1.82, 2.24) is 9.97 Å². The molecule has 17 heavy (non-hydrogen) atoms. The van der Waals surface area contributed by atoms with E-state index in [4.69, 9.17) is 4.74 Å². The number of hydrogen-bond acceptors (Lipinski definition) is 5. The fourth-order valence-electron chi connectivity index (χ4n) is 1.55. The maximum absolute atomic E-state index is 11.5. The second-order valence-corrected chi connectivity index (χ2v) is 4.78. The van der Waals surface area contributed by atoms with E-state index in [1.807, 2.05) is 4.90 Å². The Morgan fingerprint density at radius 3 is 2.71 bits per heavy atom. The van der Waals surface area contributed by atoms with Gasteiger partial charge in [-0.15, -0.1) is 0 Å². The Kier molecular flexibility index (Phi) is 3.93. The zero-order valence-electron chi connectivity index (χ0n) is 9.60. The first-order valence-electron chi connectivity index (χ1n) is 5.60. The van der Waals surface area contributed by atoms with E-state index in [9.17, 15) is 4.79 Å². The van der Waals surface area contributed by atoms with Gasteiger partial charge >= 0.3 is 5.97 Å². The molecule has 6 heteroatoms. The van der Waals surface area contributed by atoms with E-state index in [0.29, 0.717) is 18.6 Å². The molecule has 5 nitrogen and oxygen atoms in total. The molecule has 1 aromatic rings. The van der Waals surface area contributed by atoms with Gasteiger partial charge in [-0.05, 0) is 35.7 Å². The molecular formula is C11H14BrN3O2. The van der Waals surface area contributed by atoms with Gasteiger partial charge in [-0.25, -0.2) is 9.97 Å². The van der Waals surface area contributed by atoms with Crippen LogP contribution in [0.15, 0.2) is 16.9 Å².